The number of aromatic nitrogens is 3. The fourth-order valence-electron chi connectivity index (χ4n) is 1.37. The Kier molecular flexibility index (Phi) is 1.69. The molecule has 0 fully saturated rings. The van der Waals surface area contributed by atoms with Crippen LogP contribution in [-0.4, -0.2) is 21.6 Å². The Balaban J connectivity index is 2.75. The lowest BCUT2D eigenvalue weighted by molar-refractivity contribution is 0.930. The van der Waals surface area contributed by atoms with Crippen LogP contribution in [-0.2, 0) is 0 Å². The Morgan fingerprint density at radius 1 is 1.38 bits per heavy atom. The molecular weight excluding hydrogens is 164 g/mol. The van der Waals surface area contributed by atoms with Crippen molar-refractivity contribution in [3.63, 3.8) is 0 Å². The molecule has 0 aliphatic carbocycles. The first-order chi connectivity index (χ1) is 6.20. The summed E-state index contributed by atoms with van der Waals surface area (Å²) < 4.78 is 1.80. The minimum Gasteiger partial charge on any atom is -0.372 e. The van der Waals surface area contributed by atoms with Gasteiger partial charge in [-0.2, -0.15) is 0 Å². The van der Waals surface area contributed by atoms with Gasteiger partial charge in [0.1, 0.15) is 5.82 Å². The van der Waals surface area contributed by atoms with Crippen LogP contribution in [0.2, 0.25) is 0 Å². The average molecular weight is 176 g/mol. The summed E-state index contributed by atoms with van der Waals surface area (Å²) in [4.78, 5) is 4.36. The maximum absolute atomic E-state index is 4.36. The predicted molar refractivity (Wildman–Crippen MR) is 52.0 cm³/mol. The summed E-state index contributed by atoms with van der Waals surface area (Å²) in [6, 6.07) is 1.99. The van der Waals surface area contributed by atoms with Gasteiger partial charge in [0.25, 0.3) is 0 Å². The van der Waals surface area contributed by atoms with Crippen LogP contribution in [0.25, 0.3) is 5.65 Å². The van der Waals surface area contributed by atoms with Crippen molar-refractivity contribution in [1.29, 1.82) is 0 Å². The van der Waals surface area contributed by atoms with Crippen LogP contribution in [0.1, 0.15) is 11.3 Å². The maximum atomic E-state index is 4.36. The number of nitrogens with zero attached hydrogens (tertiary/aromatic N) is 3. The summed E-state index contributed by atoms with van der Waals surface area (Å²) >= 11 is 0. The van der Waals surface area contributed by atoms with E-state index >= 15 is 0 Å². The Hall–Kier alpha value is -1.58. The Bertz CT molecular complexity index is 444. The largest absolute Gasteiger partial charge is 0.372 e. The zero-order chi connectivity index (χ0) is 9.42. The first-order valence-corrected chi connectivity index (χ1v) is 4.22. The van der Waals surface area contributed by atoms with Crippen LogP contribution in [0.3, 0.4) is 0 Å². The quantitative estimate of drug-likeness (QED) is 0.714. The summed E-state index contributed by atoms with van der Waals surface area (Å²) in [5, 5.41) is 7.33. The molecule has 1 N–H and O–H groups in total. The van der Waals surface area contributed by atoms with E-state index in [0.29, 0.717) is 0 Å². The monoisotopic (exact) mass is 176 g/mol. The fourth-order valence-corrected chi connectivity index (χ4v) is 1.37. The van der Waals surface area contributed by atoms with Gasteiger partial charge in [0.05, 0.1) is 11.9 Å². The molecule has 0 aliphatic heterocycles. The van der Waals surface area contributed by atoms with Crippen molar-refractivity contribution in [2.75, 3.05) is 12.4 Å². The number of anilines is 1. The second kappa shape index (κ2) is 2.73. The van der Waals surface area contributed by atoms with Crippen LogP contribution in [0.15, 0.2) is 12.3 Å². The Morgan fingerprint density at radius 2 is 2.15 bits per heavy atom. The molecule has 0 saturated carbocycles. The van der Waals surface area contributed by atoms with Gasteiger partial charge in [0.15, 0.2) is 5.65 Å². The standard InChI is InChI=1S/C9H12N4/c1-6-4-8(10-3)12-13-5-7(2)11-9(6)13/h4-5H,1-3H3,(H,10,12). The summed E-state index contributed by atoms with van der Waals surface area (Å²) in [6.45, 7) is 4.00. The molecule has 2 heterocycles. The van der Waals surface area contributed by atoms with Crippen LogP contribution in [0.4, 0.5) is 5.82 Å². The lowest BCUT2D eigenvalue weighted by atomic mass is 10.3. The minimum absolute atomic E-state index is 0.863. The molecule has 13 heavy (non-hydrogen) atoms. The number of aryl methyl sites for hydroxylation is 2. The van der Waals surface area contributed by atoms with Gasteiger partial charge < -0.3 is 5.32 Å². The highest BCUT2D eigenvalue weighted by molar-refractivity contribution is 5.52. The lowest BCUT2D eigenvalue weighted by Crippen LogP contribution is -1.99. The fraction of sp³-hybridized carbons (Fsp3) is 0.333. The van der Waals surface area contributed by atoms with E-state index in [-0.39, 0.29) is 0 Å². The first-order valence-electron chi connectivity index (χ1n) is 4.22. The van der Waals surface area contributed by atoms with E-state index in [9.17, 15) is 0 Å². The molecule has 2 rings (SSSR count). The third-order valence-electron chi connectivity index (χ3n) is 1.99. The highest BCUT2D eigenvalue weighted by Gasteiger charge is 2.03. The summed E-state index contributed by atoms with van der Waals surface area (Å²) in [6.07, 6.45) is 1.92. The lowest BCUT2D eigenvalue weighted by Gasteiger charge is -2.01. The third kappa shape index (κ3) is 1.24. The highest BCUT2D eigenvalue weighted by atomic mass is 15.3. The molecule has 0 bridgehead atoms. The molecule has 68 valence electrons. The molecule has 2 aromatic heterocycles. The molecule has 0 saturated heterocycles. The van der Waals surface area contributed by atoms with E-state index in [1.165, 1.54) is 0 Å². The smallest absolute Gasteiger partial charge is 0.156 e. The Labute approximate surface area is 76.6 Å². The molecule has 4 heteroatoms. The van der Waals surface area contributed by atoms with E-state index in [1.807, 2.05) is 33.2 Å². The second-order valence-corrected chi connectivity index (χ2v) is 3.11. The molecule has 0 aliphatic rings. The zero-order valence-corrected chi connectivity index (χ0v) is 8.00. The molecule has 0 radical (unpaired) electrons. The highest BCUT2D eigenvalue weighted by Crippen LogP contribution is 2.12. The zero-order valence-electron chi connectivity index (χ0n) is 8.00. The molecule has 0 unspecified atom stereocenters. The first kappa shape index (κ1) is 8.04. The van der Waals surface area contributed by atoms with Gasteiger partial charge in [-0.3, -0.25) is 0 Å². The van der Waals surface area contributed by atoms with Crippen LogP contribution >= 0.6 is 0 Å². The van der Waals surface area contributed by atoms with Crippen LogP contribution in [0, 0.1) is 13.8 Å². The van der Waals surface area contributed by atoms with Crippen molar-refractivity contribution in [3.8, 4) is 0 Å². The summed E-state index contributed by atoms with van der Waals surface area (Å²) in [5.74, 6) is 0.863. The van der Waals surface area contributed by atoms with Crippen molar-refractivity contribution in [3.05, 3.63) is 23.5 Å². The SMILES string of the molecule is CNc1cc(C)c2nc(C)cn2n1. The number of imidazole rings is 1. The third-order valence-corrected chi connectivity index (χ3v) is 1.99. The molecule has 0 spiro atoms. The number of hydrogen-bond acceptors (Lipinski definition) is 3. The molecule has 0 amide bonds. The van der Waals surface area contributed by atoms with E-state index < -0.39 is 0 Å². The number of fused-ring (bicyclic) bond motifs is 1. The van der Waals surface area contributed by atoms with E-state index in [0.717, 1.165) is 22.7 Å². The van der Waals surface area contributed by atoms with Gasteiger partial charge in [-0.15, -0.1) is 5.10 Å². The van der Waals surface area contributed by atoms with E-state index in [1.54, 1.807) is 4.52 Å². The normalized spacial score (nSPS) is 10.7. The molecule has 4 nitrogen and oxygen atoms in total. The predicted octanol–water partition coefficient (Wildman–Crippen LogP) is 1.39. The number of rotatable bonds is 1. The number of hydrogen-bond donors (Lipinski definition) is 1. The minimum atomic E-state index is 0.863. The van der Waals surface area contributed by atoms with Gasteiger partial charge in [-0.25, -0.2) is 9.50 Å². The van der Waals surface area contributed by atoms with E-state index in [2.05, 4.69) is 15.4 Å². The average Bonchev–Trinajstić information content (AvgIpc) is 2.46. The van der Waals surface area contributed by atoms with Gasteiger partial charge in [-0.05, 0) is 25.5 Å². The second-order valence-electron chi connectivity index (χ2n) is 3.11. The molecule has 2 aromatic rings. The van der Waals surface area contributed by atoms with Gasteiger partial charge >= 0.3 is 0 Å². The maximum Gasteiger partial charge on any atom is 0.156 e. The van der Waals surface area contributed by atoms with Gasteiger partial charge in [0, 0.05) is 7.05 Å². The van der Waals surface area contributed by atoms with Gasteiger partial charge in [-0.1, -0.05) is 0 Å². The van der Waals surface area contributed by atoms with Gasteiger partial charge in [0.2, 0.25) is 0 Å². The van der Waals surface area contributed by atoms with Crippen molar-refractivity contribution < 1.29 is 0 Å². The molecule has 0 atom stereocenters. The Morgan fingerprint density at radius 3 is 2.85 bits per heavy atom. The van der Waals surface area contributed by atoms with Crippen molar-refractivity contribution in [2.24, 2.45) is 0 Å². The summed E-state index contributed by atoms with van der Waals surface area (Å²) in [7, 11) is 1.86. The van der Waals surface area contributed by atoms with Crippen molar-refractivity contribution >= 4 is 11.5 Å². The number of nitrogens with one attached hydrogen (secondary N) is 1. The van der Waals surface area contributed by atoms with Crippen LogP contribution < -0.4 is 5.32 Å². The molecule has 0 aromatic carbocycles. The topological polar surface area (TPSA) is 42.2 Å². The van der Waals surface area contributed by atoms with Crippen molar-refractivity contribution in [2.45, 2.75) is 13.8 Å². The summed E-state index contributed by atoms with van der Waals surface area (Å²) in [5.41, 5.74) is 3.05. The van der Waals surface area contributed by atoms with E-state index in [4.69, 9.17) is 0 Å². The molecular formula is C9H12N4. The van der Waals surface area contributed by atoms with Crippen molar-refractivity contribution in [1.82, 2.24) is 14.6 Å². The van der Waals surface area contributed by atoms with Crippen LogP contribution in [0.5, 0.6) is 0 Å².